The van der Waals surface area contributed by atoms with Crippen LogP contribution in [0.4, 0.5) is 0 Å². The molecule has 0 aromatic carbocycles. The first-order valence-corrected chi connectivity index (χ1v) is 6.43. The summed E-state index contributed by atoms with van der Waals surface area (Å²) in [5, 5.41) is 2.20. The summed E-state index contributed by atoms with van der Waals surface area (Å²) < 4.78 is 5.42. The summed E-state index contributed by atoms with van der Waals surface area (Å²) >= 11 is 1.88. The van der Waals surface area contributed by atoms with Gasteiger partial charge in [0.2, 0.25) is 0 Å². The molecule has 3 nitrogen and oxygen atoms in total. The Hall–Kier alpha value is -0.420. The highest BCUT2D eigenvalue weighted by atomic mass is 32.1. The second kappa shape index (κ2) is 3.87. The fourth-order valence-electron chi connectivity index (χ4n) is 2.64. The fourth-order valence-corrected chi connectivity index (χ4v) is 3.62. The summed E-state index contributed by atoms with van der Waals surface area (Å²) in [4.78, 5) is 3.84. The van der Waals surface area contributed by atoms with Gasteiger partial charge in [-0.15, -0.1) is 11.3 Å². The Morgan fingerprint density at radius 1 is 1.53 bits per heavy atom. The normalized spacial score (nSPS) is 31.8. The third-order valence-corrected chi connectivity index (χ3v) is 4.38. The molecular formula is C11H16N2OS. The van der Waals surface area contributed by atoms with Crippen LogP contribution in [0.2, 0.25) is 0 Å². The summed E-state index contributed by atoms with van der Waals surface area (Å²) in [5.41, 5.74) is 7.44. The van der Waals surface area contributed by atoms with Crippen molar-refractivity contribution in [1.82, 2.24) is 4.90 Å². The third kappa shape index (κ3) is 1.61. The van der Waals surface area contributed by atoms with Crippen molar-refractivity contribution < 1.29 is 4.74 Å². The summed E-state index contributed by atoms with van der Waals surface area (Å²) in [5.74, 6) is 0. The molecule has 1 fully saturated rings. The topological polar surface area (TPSA) is 38.5 Å². The van der Waals surface area contributed by atoms with Gasteiger partial charge in [0.25, 0.3) is 0 Å². The maximum Gasteiger partial charge on any atom is 0.164 e. The molecule has 0 spiro atoms. The lowest BCUT2D eigenvalue weighted by molar-refractivity contribution is 0.0134. The van der Waals surface area contributed by atoms with E-state index in [2.05, 4.69) is 16.3 Å². The summed E-state index contributed by atoms with van der Waals surface area (Å²) in [6.07, 6.45) is 3.55. The van der Waals surface area contributed by atoms with Crippen LogP contribution in [-0.2, 0) is 11.2 Å². The highest BCUT2D eigenvalue weighted by Gasteiger charge is 2.33. The summed E-state index contributed by atoms with van der Waals surface area (Å²) in [7, 11) is 0. The van der Waals surface area contributed by atoms with Crippen molar-refractivity contribution in [1.29, 1.82) is 0 Å². The van der Waals surface area contributed by atoms with Crippen molar-refractivity contribution in [3.05, 3.63) is 21.9 Å². The number of fused-ring (bicyclic) bond motifs is 1. The molecule has 82 valence electrons. The lowest BCUT2D eigenvalue weighted by atomic mass is 9.93. The molecule has 0 bridgehead atoms. The van der Waals surface area contributed by atoms with E-state index in [-0.39, 0.29) is 6.35 Å². The molecule has 1 saturated heterocycles. The van der Waals surface area contributed by atoms with Crippen LogP contribution < -0.4 is 5.73 Å². The number of ether oxygens (including phenoxy) is 1. The van der Waals surface area contributed by atoms with Crippen molar-refractivity contribution in [2.75, 3.05) is 13.2 Å². The zero-order valence-corrected chi connectivity index (χ0v) is 9.50. The quantitative estimate of drug-likeness (QED) is 0.789. The Morgan fingerprint density at radius 3 is 3.27 bits per heavy atom. The Balaban J connectivity index is 1.89. The second-order valence-corrected chi connectivity index (χ2v) is 5.21. The van der Waals surface area contributed by atoms with E-state index < -0.39 is 0 Å². The minimum absolute atomic E-state index is 0.194. The highest BCUT2D eigenvalue weighted by Crippen LogP contribution is 2.38. The molecule has 2 atom stereocenters. The van der Waals surface area contributed by atoms with Gasteiger partial charge in [0.15, 0.2) is 6.35 Å². The van der Waals surface area contributed by atoms with Gasteiger partial charge in [-0.1, -0.05) is 0 Å². The van der Waals surface area contributed by atoms with Crippen LogP contribution in [0.3, 0.4) is 0 Å². The van der Waals surface area contributed by atoms with Crippen molar-refractivity contribution >= 4 is 11.3 Å². The van der Waals surface area contributed by atoms with Gasteiger partial charge in [0, 0.05) is 17.5 Å². The first kappa shape index (κ1) is 9.78. The fraction of sp³-hybridized carbons (Fsp3) is 0.636. The molecule has 4 heteroatoms. The van der Waals surface area contributed by atoms with Gasteiger partial charge in [0.05, 0.1) is 6.61 Å². The second-order valence-electron chi connectivity index (χ2n) is 4.21. The SMILES string of the molecule is NC1OCCN1C1CCCc2sccc21. The molecule has 0 radical (unpaired) electrons. The average molecular weight is 224 g/mol. The van der Waals surface area contributed by atoms with Crippen LogP contribution in [0.15, 0.2) is 11.4 Å². The molecule has 2 heterocycles. The van der Waals surface area contributed by atoms with Gasteiger partial charge in [0.1, 0.15) is 0 Å². The summed E-state index contributed by atoms with van der Waals surface area (Å²) in [6.45, 7) is 1.75. The largest absolute Gasteiger partial charge is 0.349 e. The van der Waals surface area contributed by atoms with Crippen molar-refractivity contribution in [2.24, 2.45) is 5.73 Å². The van der Waals surface area contributed by atoms with Gasteiger partial charge < -0.3 is 4.74 Å². The predicted octanol–water partition coefficient (Wildman–Crippen LogP) is 1.70. The molecule has 3 rings (SSSR count). The molecular weight excluding hydrogens is 208 g/mol. The van der Waals surface area contributed by atoms with Crippen molar-refractivity contribution in [2.45, 2.75) is 31.7 Å². The number of nitrogens with zero attached hydrogens (tertiary/aromatic N) is 1. The number of hydrogen-bond donors (Lipinski definition) is 1. The van der Waals surface area contributed by atoms with Gasteiger partial charge in [-0.3, -0.25) is 10.6 Å². The molecule has 0 amide bonds. The van der Waals surface area contributed by atoms with E-state index in [1.807, 2.05) is 11.3 Å². The molecule has 2 unspecified atom stereocenters. The van der Waals surface area contributed by atoms with E-state index >= 15 is 0 Å². The average Bonchev–Trinajstić information content (AvgIpc) is 2.85. The van der Waals surface area contributed by atoms with Gasteiger partial charge in [-0.2, -0.15) is 0 Å². The molecule has 2 N–H and O–H groups in total. The maximum absolute atomic E-state index is 5.94. The van der Waals surface area contributed by atoms with Crippen LogP contribution in [0, 0.1) is 0 Å². The first-order valence-electron chi connectivity index (χ1n) is 5.55. The third-order valence-electron chi connectivity index (χ3n) is 3.39. The smallest absolute Gasteiger partial charge is 0.164 e. The predicted molar refractivity (Wildman–Crippen MR) is 60.6 cm³/mol. The number of aryl methyl sites for hydroxylation is 1. The van der Waals surface area contributed by atoms with Crippen LogP contribution in [-0.4, -0.2) is 24.4 Å². The van der Waals surface area contributed by atoms with Crippen LogP contribution >= 0.6 is 11.3 Å². The van der Waals surface area contributed by atoms with E-state index in [0.29, 0.717) is 6.04 Å². The van der Waals surface area contributed by atoms with E-state index in [1.54, 1.807) is 4.88 Å². The minimum atomic E-state index is -0.194. The van der Waals surface area contributed by atoms with Gasteiger partial charge in [-0.05, 0) is 36.3 Å². The van der Waals surface area contributed by atoms with Crippen LogP contribution in [0.5, 0.6) is 0 Å². The lowest BCUT2D eigenvalue weighted by Gasteiger charge is -2.32. The Morgan fingerprint density at radius 2 is 2.47 bits per heavy atom. The standard InChI is InChI=1S/C11H16N2OS/c12-11-13(5-6-14-11)9-2-1-3-10-8(9)4-7-15-10/h4,7,9,11H,1-3,5-6,12H2. The molecule has 1 aliphatic carbocycles. The van der Waals surface area contributed by atoms with E-state index in [9.17, 15) is 0 Å². The number of rotatable bonds is 1. The van der Waals surface area contributed by atoms with Crippen LogP contribution in [0.25, 0.3) is 0 Å². The Labute approximate surface area is 93.8 Å². The van der Waals surface area contributed by atoms with E-state index in [1.165, 1.54) is 24.8 Å². The maximum atomic E-state index is 5.94. The first-order chi connectivity index (χ1) is 7.36. The van der Waals surface area contributed by atoms with E-state index in [4.69, 9.17) is 10.5 Å². The van der Waals surface area contributed by atoms with Crippen molar-refractivity contribution in [3.8, 4) is 0 Å². The monoisotopic (exact) mass is 224 g/mol. The summed E-state index contributed by atoms with van der Waals surface area (Å²) in [6, 6.07) is 2.76. The lowest BCUT2D eigenvalue weighted by Crippen LogP contribution is -2.41. The molecule has 1 aliphatic heterocycles. The van der Waals surface area contributed by atoms with Crippen molar-refractivity contribution in [3.63, 3.8) is 0 Å². The number of hydrogen-bond acceptors (Lipinski definition) is 4. The highest BCUT2D eigenvalue weighted by molar-refractivity contribution is 7.10. The molecule has 2 aliphatic rings. The Kier molecular flexibility index (Phi) is 2.52. The van der Waals surface area contributed by atoms with Crippen LogP contribution in [0.1, 0.15) is 29.3 Å². The zero-order valence-electron chi connectivity index (χ0n) is 8.69. The zero-order chi connectivity index (χ0) is 10.3. The van der Waals surface area contributed by atoms with Gasteiger partial charge >= 0.3 is 0 Å². The van der Waals surface area contributed by atoms with E-state index in [0.717, 1.165) is 13.2 Å². The molecule has 15 heavy (non-hydrogen) atoms. The number of nitrogens with two attached hydrogens (primary N) is 1. The molecule has 1 aromatic heterocycles. The molecule has 0 saturated carbocycles. The molecule has 1 aromatic rings. The number of thiophene rings is 1. The van der Waals surface area contributed by atoms with Gasteiger partial charge in [-0.25, -0.2) is 0 Å². The Bertz CT molecular complexity index is 352. The minimum Gasteiger partial charge on any atom is -0.349 e.